The number of hydroxylamine groups is 2. The van der Waals surface area contributed by atoms with Crippen LogP contribution in [0.15, 0.2) is 0 Å². The van der Waals surface area contributed by atoms with E-state index in [1.54, 1.807) is 0 Å². The van der Waals surface area contributed by atoms with Crippen molar-refractivity contribution in [1.82, 2.24) is 5.06 Å². The van der Waals surface area contributed by atoms with Gasteiger partial charge in [-0.1, -0.05) is 0 Å². The minimum absolute atomic E-state index is 0. The second-order valence-corrected chi connectivity index (χ2v) is 2.40. The molecule has 1 rings (SSSR count). The Hall–Kier alpha value is -0.360. The Labute approximate surface area is 76.5 Å². The minimum Gasteiger partial charge on any atom is -0.468 e. The molecule has 1 N–H and O–H groups in total. The second-order valence-electron chi connectivity index (χ2n) is 2.40. The van der Waals surface area contributed by atoms with E-state index in [-0.39, 0.29) is 18.4 Å². The largest absolute Gasteiger partial charge is 0.468 e. The maximum atomic E-state index is 10.9. The van der Waals surface area contributed by atoms with E-state index in [0.29, 0.717) is 13.0 Å². The zero-order valence-electron chi connectivity index (χ0n) is 6.73. The van der Waals surface area contributed by atoms with Crippen molar-refractivity contribution in [2.24, 2.45) is 0 Å². The van der Waals surface area contributed by atoms with Crippen LogP contribution in [0.2, 0.25) is 0 Å². The van der Waals surface area contributed by atoms with E-state index < -0.39 is 6.04 Å². The second kappa shape index (κ2) is 5.31. The fourth-order valence-corrected chi connectivity index (χ4v) is 1.21. The molecule has 1 fully saturated rings. The Kier molecular flexibility index (Phi) is 5.16. The van der Waals surface area contributed by atoms with E-state index in [4.69, 9.17) is 5.26 Å². The van der Waals surface area contributed by atoms with Gasteiger partial charge in [-0.15, -0.1) is 22.5 Å². The van der Waals surface area contributed by atoms with Crippen molar-refractivity contribution in [1.29, 1.82) is 0 Å². The van der Waals surface area contributed by atoms with E-state index in [2.05, 4.69) is 9.73 Å². The summed E-state index contributed by atoms with van der Waals surface area (Å²) >= 11 is 0. The van der Waals surface area contributed by atoms with Crippen molar-refractivity contribution in [3.05, 3.63) is 0 Å². The summed E-state index contributed by atoms with van der Waals surface area (Å²) in [6.45, 7) is 0.566. The van der Waals surface area contributed by atoms with Crippen LogP contribution in [0.25, 0.3) is 0 Å². The first-order valence-corrected chi connectivity index (χ1v) is 3.45. The molecule has 1 unspecified atom stereocenters. The lowest BCUT2D eigenvalue weighted by molar-refractivity contribution is -0.398. The van der Waals surface area contributed by atoms with E-state index in [0.717, 1.165) is 6.42 Å². The highest BCUT2D eigenvalue weighted by Gasteiger charge is 2.32. The molecule has 0 aliphatic carbocycles. The number of rotatable bonds is 2. The van der Waals surface area contributed by atoms with Gasteiger partial charge in [-0.2, -0.15) is 0 Å². The number of hydrogen-bond donors (Lipinski definition) is 1. The van der Waals surface area contributed by atoms with Crippen LogP contribution in [0.5, 0.6) is 0 Å². The third-order valence-corrected chi connectivity index (χ3v) is 1.78. The average Bonchev–Trinajstić information content (AvgIpc) is 2.50. The maximum Gasteiger partial charge on any atom is 0.325 e. The molecule has 1 atom stereocenters. The highest BCUT2D eigenvalue weighted by Crippen LogP contribution is 2.17. The first-order valence-electron chi connectivity index (χ1n) is 3.45. The quantitative estimate of drug-likeness (QED) is 0.396. The molecule has 1 heterocycles. The van der Waals surface area contributed by atoms with Gasteiger partial charge in [0.25, 0.3) is 0 Å². The van der Waals surface area contributed by atoms with Gasteiger partial charge >= 0.3 is 5.97 Å². The molecule has 1 aliphatic rings. The van der Waals surface area contributed by atoms with Crippen LogP contribution in [0.4, 0.5) is 0 Å². The summed E-state index contributed by atoms with van der Waals surface area (Å²) in [4.78, 5) is 14.9. The molecule has 0 aromatic carbocycles. The number of ether oxygens (including phenoxy) is 1. The van der Waals surface area contributed by atoms with Crippen LogP contribution < -0.4 is 0 Å². The summed E-state index contributed by atoms with van der Waals surface area (Å²) in [6, 6.07) is -0.440. The van der Waals surface area contributed by atoms with E-state index in [1.807, 2.05) is 0 Å². The SMILES string of the molecule is COC(=O)C1CCCN1OO.Cl. The summed E-state index contributed by atoms with van der Waals surface area (Å²) in [5, 5.41) is 9.51. The first-order chi connectivity index (χ1) is 5.29. The summed E-state index contributed by atoms with van der Waals surface area (Å²) in [7, 11) is 1.32. The van der Waals surface area contributed by atoms with E-state index in [1.165, 1.54) is 12.2 Å². The molecule has 0 amide bonds. The lowest BCUT2D eigenvalue weighted by Gasteiger charge is -2.16. The average molecular weight is 198 g/mol. The van der Waals surface area contributed by atoms with Crippen LogP contribution in [0.3, 0.4) is 0 Å². The van der Waals surface area contributed by atoms with Crippen molar-refractivity contribution >= 4 is 18.4 Å². The van der Waals surface area contributed by atoms with Gasteiger partial charge < -0.3 is 4.74 Å². The number of nitrogens with zero attached hydrogens (tertiary/aromatic N) is 1. The van der Waals surface area contributed by atoms with Crippen LogP contribution >= 0.6 is 12.4 Å². The Balaban J connectivity index is 0.00000121. The fourth-order valence-electron chi connectivity index (χ4n) is 1.21. The van der Waals surface area contributed by atoms with Gasteiger partial charge in [-0.05, 0) is 12.8 Å². The molecule has 72 valence electrons. The maximum absolute atomic E-state index is 10.9. The smallest absolute Gasteiger partial charge is 0.325 e. The standard InChI is InChI=1S/C6H11NO4.ClH/c1-10-6(8)5-3-2-4-7(5)11-9;/h5,9H,2-4H2,1H3;1H. The number of carbonyl (C=O) groups excluding carboxylic acids is 1. The van der Waals surface area contributed by atoms with Crippen molar-refractivity contribution in [2.75, 3.05) is 13.7 Å². The summed E-state index contributed by atoms with van der Waals surface area (Å²) in [5.41, 5.74) is 0. The zero-order chi connectivity index (χ0) is 8.27. The molecule has 12 heavy (non-hydrogen) atoms. The van der Waals surface area contributed by atoms with Crippen LogP contribution in [0, 0.1) is 0 Å². The molecule has 0 aromatic heterocycles. The fraction of sp³-hybridized carbons (Fsp3) is 0.833. The topological polar surface area (TPSA) is 59.0 Å². The number of carbonyl (C=O) groups is 1. The highest BCUT2D eigenvalue weighted by molar-refractivity contribution is 5.85. The van der Waals surface area contributed by atoms with Gasteiger partial charge in [0.05, 0.1) is 7.11 Å². The summed E-state index contributed by atoms with van der Waals surface area (Å²) in [5.74, 6) is -0.364. The first kappa shape index (κ1) is 11.6. The van der Waals surface area contributed by atoms with Gasteiger partial charge in [0.2, 0.25) is 0 Å². The molecule has 0 saturated carbocycles. The van der Waals surface area contributed by atoms with Crippen molar-refractivity contribution in [3.63, 3.8) is 0 Å². The third kappa shape index (κ3) is 2.31. The van der Waals surface area contributed by atoms with Gasteiger partial charge in [-0.25, -0.2) is 5.26 Å². The van der Waals surface area contributed by atoms with E-state index in [9.17, 15) is 4.79 Å². The number of halogens is 1. The Morgan fingerprint density at radius 2 is 2.33 bits per heavy atom. The molecular formula is C6H12ClNO4. The molecular weight excluding hydrogens is 186 g/mol. The van der Waals surface area contributed by atoms with Crippen LogP contribution in [-0.4, -0.2) is 36.0 Å². The number of esters is 1. The van der Waals surface area contributed by atoms with E-state index >= 15 is 0 Å². The summed E-state index contributed by atoms with van der Waals surface area (Å²) in [6.07, 6.45) is 1.51. The predicted octanol–water partition coefficient (Wildman–Crippen LogP) is 0.450. The monoisotopic (exact) mass is 197 g/mol. The van der Waals surface area contributed by atoms with Crippen molar-refractivity contribution in [2.45, 2.75) is 18.9 Å². The molecule has 6 heteroatoms. The Bertz CT molecular complexity index is 154. The van der Waals surface area contributed by atoms with Gasteiger partial charge in [0.15, 0.2) is 0 Å². The van der Waals surface area contributed by atoms with Gasteiger partial charge in [-0.3, -0.25) is 4.79 Å². The van der Waals surface area contributed by atoms with Crippen LogP contribution in [0.1, 0.15) is 12.8 Å². The normalized spacial score (nSPS) is 23.3. The van der Waals surface area contributed by atoms with Gasteiger partial charge in [0.1, 0.15) is 6.04 Å². The molecule has 0 spiro atoms. The van der Waals surface area contributed by atoms with Crippen molar-refractivity contribution in [3.8, 4) is 0 Å². The number of methoxy groups -OCH3 is 1. The predicted molar refractivity (Wildman–Crippen MR) is 42.7 cm³/mol. The molecule has 1 saturated heterocycles. The Morgan fingerprint density at radius 1 is 1.67 bits per heavy atom. The summed E-state index contributed by atoms with van der Waals surface area (Å²) < 4.78 is 4.49. The van der Waals surface area contributed by atoms with Gasteiger partial charge in [0, 0.05) is 6.54 Å². The molecule has 0 aromatic rings. The minimum atomic E-state index is -0.440. The molecule has 5 nitrogen and oxygen atoms in total. The van der Waals surface area contributed by atoms with Crippen LogP contribution in [-0.2, 0) is 14.5 Å². The molecule has 1 aliphatic heterocycles. The lowest BCUT2D eigenvalue weighted by atomic mass is 10.2. The van der Waals surface area contributed by atoms with Crippen molar-refractivity contribution < 1.29 is 19.8 Å². The molecule has 0 radical (unpaired) electrons. The lowest BCUT2D eigenvalue weighted by Crippen LogP contribution is -2.36. The highest BCUT2D eigenvalue weighted by atomic mass is 35.5. The third-order valence-electron chi connectivity index (χ3n) is 1.78. The Morgan fingerprint density at radius 3 is 2.83 bits per heavy atom. The molecule has 0 bridgehead atoms. The number of hydrogen-bond acceptors (Lipinski definition) is 5. The zero-order valence-corrected chi connectivity index (χ0v) is 7.54.